The molecule has 0 N–H and O–H groups in total. The molecule has 78 valence electrons. The highest BCUT2D eigenvalue weighted by molar-refractivity contribution is 7.18. The normalized spacial score (nSPS) is 10.5. The summed E-state index contributed by atoms with van der Waals surface area (Å²) in [6, 6.07) is 7.89. The van der Waals surface area contributed by atoms with Crippen molar-refractivity contribution in [1.82, 2.24) is 4.98 Å². The summed E-state index contributed by atoms with van der Waals surface area (Å²) < 4.78 is 6.14. The topological polar surface area (TPSA) is 39.2 Å². The van der Waals surface area contributed by atoms with Crippen LogP contribution in [0.25, 0.3) is 10.2 Å². The first kappa shape index (κ1) is 10.1. The third-order valence-electron chi connectivity index (χ3n) is 1.98. The number of esters is 1. The number of carbonyl (C=O) groups excluding carboxylic acids is 1. The highest BCUT2D eigenvalue weighted by Gasteiger charge is 2.05. The third-order valence-corrected chi connectivity index (χ3v) is 2.99. The Morgan fingerprint density at radius 3 is 3.00 bits per heavy atom. The fraction of sp³-hybridized carbons (Fsp3) is 0.273. The first-order chi connectivity index (χ1) is 7.29. The smallest absolute Gasteiger partial charge is 0.305 e. The number of fused-ring (bicyclic) bond motifs is 1. The highest BCUT2D eigenvalue weighted by Crippen LogP contribution is 2.21. The molecular formula is C11H11NO2S. The molecule has 0 amide bonds. The van der Waals surface area contributed by atoms with Gasteiger partial charge in [0.05, 0.1) is 10.2 Å². The zero-order chi connectivity index (χ0) is 10.7. The Hall–Kier alpha value is -1.42. The minimum absolute atomic E-state index is 0.186. The van der Waals surface area contributed by atoms with Crippen molar-refractivity contribution in [2.75, 3.05) is 0 Å². The lowest BCUT2D eigenvalue weighted by Gasteiger charge is -1.98. The van der Waals surface area contributed by atoms with Gasteiger partial charge in [0.25, 0.3) is 0 Å². The van der Waals surface area contributed by atoms with Gasteiger partial charge < -0.3 is 4.74 Å². The molecule has 15 heavy (non-hydrogen) atoms. The summed E-state index contributed by atoms with van der Waals surface area (Å²) in [6.45, 7) is 2.06. The number of benzene rings is 1. The third kappa shape index (κ3) is 2.33. The van der Waals surface area contributed by atoms with Crippen molar-refractivity contribution in [1.29, 1.82) is 0 Å². The lowest BCUT2D eigenvalue weighted by Crippen LogP contribution is -2.01. The first-order valence-electron chi connectivity index (χ1n) is 4.79. The van der Waals surface area contributed by atoms with Gasteiger partial charge in [0.15, 0.2) is 0 Å². The van der Waals surface area contributed by atoms with Crippen LogP contribution in [0.3, 0.4) is 0 Å². The number of rotatable bonds is 3. The fourth-order valence-corrected chi connectivity index (χ4v) is 2.11. The van der Waals surface area contributed by atoms with Crippen molar-refractivity contribution in [2.24, 2.45) is 0 Å². The average Bonchev–Trinajstić information content (AvgIpc) is 2.68. The van der Waals surface area contributed by atoms with Crippen LogP contribution in [0, 0.1) is 0 Å². The molecule has 2 aromatic rings. The molecule has 0 aliphatic carbocycles. The van der Waals surface area contributed by atoms with Gasteiger partial charge in [0.2, 0.25) is 0 Å². The van der Waals surface area contributed by atoms with Crippen molar-refractivity contribution >= 4 is 27.5 Å². The summed E-state index contributed by atoms with van der Waals surface area (Å²) in [6.07, 6.45) is 0.408. The van der Waals surface area contributed by atoms with E-state index in [-0.39, 0.29) is 12.6 Å². The minimum Gasteiger partial charge on any atom is -0.458 e. The first-order valence-corrected chi connectivity index (χ1v) is 5.61. The zero-order valence-electron chi connectivity index (χ0n) is 8.40. The van der Waals surface area contributed by atoms with Gasteiger partial charge in [-0.15, -0.1) is 11.3 Å². The molecule has 0 saturated heterocycles. The lowest BCUT2D eigenvalue weighted by atomic mass is 10.3. The second-order valence-electron chi connectivity index (χ2n) is 3.09. The maximum atomic E-state index is 11.0. The van der Waals surface area contributed by atoms with E-state index in [0.29, 0.717) is 6.42 Å². The van der Waals surface area contributed by atoms with E-state index in [2.05, 4.69) is 4.98 Å². The number of carbonyl (C=O) groups is 1. The summed E-state index contributed by atoms with van der Waals surface area (Å²) in [4.78, 5) is 15.3. The molecule has 0 bridgehead atoms. The molecule has 2 rings (SSSR count). The van der Waals surface area contributed by atoms with Crippen molar-refractivity contribution in [3.05, 3.63) is 29.3 Å². The monoisotopic (exact) mass is 221 g/mol. The molecule has 1 aromatic carbocycles. The van der Waals surface area contributed by atoms with Crippen LogP contribution in [0.2, 0.25) is 0 Å². The predicted molar refractivity (Wildman–Crippen MR) is 59.7 cm³/mol. The Balaban J connectivity index is 2.12. The number of hydrogen-bond acceptors (Lipinski definition) is 4. The van der Waals surface area contributed by atoms with Gasteiger partial charge in [-0.25, -0.2) is 4.98 Å². The molecule has 4 heteroatoms. The van der Waals surface area contributed by atoms with Gasteiger partial charge in [0, 0.05) is 6.42 Å². The molecule has 0 aliphatic rings. The second kappa shape index (κ2) is 4.40. The standard InChI is InChI=1S/C11H11NO2S/c1-2-11(13)14-7-10-12-8-5-3-4-6-9(8)15-10/h3-6H,2,7H2,1H3. The van der Waals surface area contributed by atoms with E-state index >= 15 is 0 Å². The Morgan fingerprint density at radius 1 is 1.47 bits per heavy atom. The molecule has 0 saturated carbocycles. The summed E-state index contributed by atoms with van der Waals surface area (Å²) in [5, 5.41) is 0.845. The van der Waals surface area contributed by atoms with E-state index in [0.717, 1.165) is 15.2 Å². The molecule has 0 radical (unpaired) electrons. The highest BCUT2D eigenvalue weighted by atomic mass is 32.1. The van der Waals surface area contributed by atoms with Gasteiger partial charge >= 0.3 is 5.97 Å². The molecule has 3 nitrogen and oxygen atoms in total. The lowest BCUT2D eigenvalue weighted by molar-refractivity contribution is -0.144. The van der Waals surface area contributed by atoms with Crippen LogP contribution in [0.15, 0.2) is 24.3 Å². The summed E-state index contributed by atoms with van der Waals surface area (Å²) >= 11 is 1.56. The molecular weight excluding hydrogens is 210 g/mol. The summed E-state index contributed by atoms with van der Waals surface area (Å²) in [7, 11) is 0. The van der Waals surface area contributed by atoms with E-state index in [9.17, 15) is 4.79 Å². The van der Waals surface area contributed by atoms with Crippen LogP contribution in [0.1, 0.15) is 18.4 Å². The number of aromatic nitrogens is 1. The molecule has 0 unspecified atom stereocenters. The van der Waals surface area contributed by atoms with E-state index in [1.807, 2.05) is 24.3 Å². The largest absolute Gasteiger partial charge is 0.458 e. The summed E-state index contributed by atoms with van der Waals surface area (Å²) in [5.74, 6) is -0.186. The number of nitrogens with zero attached hydrogens (tertiary/aromatic N) is 1. The molecule has 0 aliphatic heterocycles. The van der Waals surface area contributed by atoms with Gasteiger partial charge in [0.1, 0.15) is 11.6 Å². The van der Waals surface area contributed by atoms with E-state index in [1.54, 1.807) is 18.3 Å². The minimum atomic E-state index is -0.186. The average molecular weight is 221 g/mol. The number of hydrogen-bond donors (Lipinski definition) is 0. The maximum absolute atomic E-state index is 11.0. The van der Waals surface area contributed by atoms with Crippen molar-refractivity contribution in [3.8, 4) is 0 Å². The molecule has 0 fully saturated rings. The van der Waals surface area contributed by atoms with Crippen molar-refractivity contribution in [2.45, 2.75) is 20.0 Å². The Bertz CT molecular complexity index is 445. The van der Waals surface area contributed by atoms with Crippen LogP contribution in [-0.4, -0.2) is 11.0 Å². The maximum Gasteiger partial charge on any atom is 0.305 e. The Morgan fingerprint density at radius 2 is 2.27 bits per heavy atom. The SMILES string of the molecule is CCC(=O)OCc1nc2ccccc2s1. The fourth-order valence-electron chi connectivity index (χ4n) is 1.23. The number of para-hydroxylation sites is 1. The summed E-state index contributed by atoms with van der Waals surface area (Å²) in [5.41, 5.74) is 0.963. The molecule has 1 aromatic heterocycles. The van der Waals surface area contributed by atoms with Crippen LogP contribution in [-0.2, 0) is 16.1 Å². The van der Waals surface area contributed by atoms with E-state index in [4.69, 9.17) is 4.74 Å². The van der Waals surface area contributed by atoms with Crippen molar-refractivity contribution < 1.29 is 9.53 Å². The van der Waals surface area contributed by atoms with Crippen LogP contribution < -0.4 is 0 Å². The second-order valence-corrected chi connectivity index (χ2v) is 4.20. The molecule has 1 heterocycles. The van der Waals surface area contributed by atoms with Gasteiger partial charge in [-0.1, -0.05) is 19.1 Å². The van der Waals surface area contributed by atoms with Crippen LogP contribution >= 0.6 is 11.3 Å². The predicted octanol–water partition coefficient (Wildman–Crippen LogP) is 2.75. The molecule has 0 spiro atoms. The Labute approximate surface area is 91.7 Å². The van der Waals surface area contributed by atoms with Gasteiger partial charge in [-0.3, -0.25) is 4.79 Å². The quantitative estimate of drug-likeness (QED) is 0.748. The zero-order valence-corrected chi connectivity index (χ0v) is 9.21. The number of ether oxygens (including phenoxy) is 1. The molecule has 0 atom stereocenters. The Kier molecular flexibility index (Phi) is 2.97. The number of thiazole rings is 1. The van der Waals surface area contributed by atoms with Gasteiger partial charge in [-0.2, -0.15) is 0 Å². The van der Waals surface area contributed by atoms with Gasteiger partial charge in [-0.05, 0) is 12.1 Å². The van der Waals surface area contributed by atoms with Crippen LogP contribution in [0.4, 0.5) is 0 Å². The van der Waals surface area contributed by atoms with E-state index in [1.165, 1.54) is 0 Å². The van der Waals surface area contributed by atoms with E-state index < -0.39 is 0 Å². The van der Waals surface area contributed by atoms with Crippen LogP contribution in [0.5, 0.6) is 0 Å². The van der Waals surface area contributed by atoms with Crippen molar-refractivity contribution in [3.63, 3.8) is 0 Å².